The van der Waals surface area contributed by atoms with E-state index in [1.807, 2.05) is 0 Å². The molecule has 0 aliphatic rings. The quantitative estimate of drug-likeness (QED) is 0.0924. The Bertz CT molecular complexity index is 671. The summed E-state index contributed by atoms with van der Waals surface area (Å²) in [5, 5.41) is 70.8. The first-order valence-electron chi connectivity index (χ1n) is 8.88. The number of hydrogen-bond acceptors (Lipinski definition) is 16. The van der Waals surface area contributed by atoms with E-state index in [1.54, 1.807) is 0 Å². The minimum atomic E-state index is -1.54. The Hall–Kier alpha value is -3.45. The number of carboxylic acids is 8. The first-order chi connectivity index (χ1) is 16.1. The van der Waals surface area contributed by atoms with Crippen molar-refractivity contribution in [3.63, 3.8) is 0 Å². The van der Waals surface area contributed by atoms with Gasteiger partial charge in [-0.15, -0.1) is 0 Å². The molecule has 0 radical (unpaired) electrons. The van der Waals surface area contributed by atoms with Crippen LogP contribution >= 0.6 is 0 Å². The van der Waals surface area contributed by atoms with Crippen molar-refractivity contribution in [3.8, 4) is 0 Å². The second-order valence-electron chi connectivity index (χ2n) is 6.09. The molecule has 214 valence electrons. The third-order valence-electron chi connectivity index (χ3n) is 2.79. The third-order valence-corrected chi connectivity index (χ3v) is 2.79. The number of aliphatic carboxylic acids is 8. The molecular formula is C16H27BN4O16Zr. The molecule has 0 aromatic carbocycles. The molecule has 0 spiro atoms. The average molecular weight is 633 g/mol. The summed E-state index contributed by atoms with van der Waals surface area (Å²) in [6.07, 6.45) is -2.38. The van der Waals surface area contributed by atoms with Crippen molar-refractivity contribution in [1.29, 1.82) is 0 Å². The second-order valence-corrected chi connectivity index (χ2v) is 6.09. The SMILES string of the molecule is B.N[C@@H](CC(=O)O)C(=O)[O-].N[C@@H](CC(=O)O)C(=O)[O-].N[C@@H](CC(=O)O)C(=O)[O-].N[C@@H](CC(=O)O)C(=O)[O-].[Zr+4]. The van der Waals surface area contributed by atoms with Gasteiger partial charge in [-0.05, 0) is 0 Å². The van der Waals surface area contributed by atoms with Crippen molar-refractivity contribution < 1.29 is 105 Å². The Labute approximate surface area is 234 Å². The van der Waals surface area contributed by atoms with Gasteiger partial charge in [0.2, 0.25) is 0 Å². The number of nitrogens with two attached hydrogens (primary N) is 4. The van der Waals surface area contributed by atoms with E-state index in [0.29, 0.717) is 0 Å². The predicted molar refractivity (Wildman–Crippen MR) is 111 cm³/mol. The molecule has 4 atom stereocenters. The van der Waals surface area contributed by atoms with Crippen LogP contribution in [0.5, 0.6) is 0 Å². The molecule has 0 aromatic heterocycles. The van der Waals surface area contributed by atoms with Crippen LogP contribution in [0.4, 0.5) is 0 Å². The Balaban J connectivity index is -0.0000000883. The summed E-state index contributed by atoms with van der Waals surface area (Å²) >= 11 is 0. The molecular weight excluding hydrogens is 606 g/mol. The molecule has 0 bridgehead atoms. The van der Waals surface area contributed by atoms with Crippen molar-refractivity contribution in [2.45, 2.75) is 49.9 Å². The van der Waals surface area contributed by atoms with E-state index >= 15 is 0 Å². The number of carbonyl (C=O) groups is 8. The van der Waals surface area contributed by atoms with Gasteiger partial charge in [0.15, 0.2) is 0 Å². The van der Waals surface area contributed by atoms with Gasteiger partial charge in [-0.3, -0.25) is 19.2 Å². The molecule has 0 amide bonds. The number of rotatable bonds is 12. The zero-order chi connectivity index (χ0) is 29.8. The van der Waals surface area contributed by atoms with Crippen molar-refractivity contribution in [2.24, 2.45) is 22.9 Å². The molecule has 12 N–H and O–H groups in total. The molecule has 0 rings (SSSR count). The zero-order valence-corrected chi connectivity index (χ0v) is 21.1. The Morgan fingerprint density at radius 1 is 0.447 bits per heavy atom. The Morgan fingerprint density at radius 3 is 0.579 bits per heavy atom. The standard InChI is InChI=1S/4C4H7NO4.BH3.Zr/c4*5-2(4(8)9)1-3(6)7;;/h4*2H,1,5H2,(H,6,7)(H,8,9);1H3;/q;;;;;+4/p-4/t4*2-;;/m0000../s1. The maximum Gasteiger partial charge on any atom is 4.00 e. The van der Waals surface area contributed by atoms with Crippen LogP contribution in [0.3, 0.4) is 0 Å². The molecule has 0 saturated heterocycles. The van der Waals surface area contributed by atoms with Crippen LogP contribution in [0.2, 0.25) is 0 Å². The van der Waals surface area contributed by atoms with Crippen LogP contribution in [0, 0.1) is 0 Å². The fourth-order valence-electron chi connectivity index (χ4n) is 1.09. The molecule has 0 unspecified atom stereocenters. The van der Waals surface area contributed by atoms with Crippen LogP contribution in [0.25, 0.3) is 0 Å². The summed E-state index contributed by atoms with van der Waals surface area (Å²) in [5.41, 5.74) is 19.1. The van der Waals surface area contributed by atoms with E-state index in [2.05, 4.69) is 0 Å². The first-order valence-corrected chi connectivity index (χ1v) is 8.88. The summed E-state index contributed by atoms with van der Waals surface area (Å²) in [4.78, 5) is 77.9. The molecule has 0 fully saturated rings. The maximum absolute atomic E-state index is 9.74. The van der Waals surface area contributed by atoms with Gasteiger partial charge in [-0.25, -0.2) is 0 Å². The third kappa shape index (κ3) is 39.7. The Kier molecular flexibility index (Phi) is 33.4. The molecule has 0 aliphatic carbocycles. The average Bonchev–Trinajstić information content (AvgIpc) is 2.67. The van der Waals surface area contributed by atoms with Crippen LogP contribution in [0.15, 0.2) is 0 Å². The topological polar surface area (TPSA) is 414 Å². The van der Waals surface area contributed by atoms with Gasteiger partial charge in [0.1, 0.15) is 0 Å². The van der Waals surface area contributed by atoms with Gasteiger partial charge < -0.3 is 83.0 Å². The van der Waals surface area contributed by atoms with Gasteiger partial charge in [-0.2, -0.15) is 0 Å². The van der Waals surface area contributed by atoms with Crippen LogP contribution < -0.4 is 43.4 Å². The van der Waals surface area contributed by atoms with Gasteiger partial charge in [0.05, 0.1) is 82.1 Å². The van der Waals surface area contributed by atoms with Crippen LogP contribution in [-0.4, -0.2) is 101 Å². The monoisotopic (exact) mass is 632 g/mol. The Morgan fingerprint density at radius 2 is 0.553 bits per heavy atom. The van der Waals surface area contributed by atoms with Gasteiger partial charge in [-0.1, -0.05) is 0 Å². The summed E-state index contributed by atoms with van der Waals surface area (Å²) in [5.74, 6) is -11.2. The summed E-state index contributed by atoms with van der Waals surface area (Å²) in [6.45, 7) is 0. The normalized spacial score (nSPS) is 11.9. The number of carbonyl (C=O) groups excluding carboxylic acids is 4. The minimum Gasteiger partial charge on any atom is -0.548 e. The van der Waals surface area contributed by atoms with Gasteiger partial charge >= 0.3 is 50.1 Å². The summed E-state index contributed by atoms with van der Waals surface area (Å²) in [6, 6.07) is -5.60. The molecule has 20 nitrogen and oxygen atoms in total. The van der Waals surface area contributed by atoms with Crippen molar-refractivity contribution >= 4 is 56.2 Å². The van der Waals surface area contributed by atoms with E-state index in [4.69, 9.17) is 43.4 Å². The van der Waals surface area contributed by atoms with Gasteiger partial charge in [0.25, 0.3) is 0 Å². The van der Waals surface area contributed by atoms with E-state index in [1.165, 1.54) is 0 Å². The molecule has 0 saturated carbocycles. The zero-order valence-electron chi connectivity index (χ0n) is 18.6. The molecule has 38 heavy (non-hydrogen) atoms. The van der Waals surface area contributed by atoms with Crippen molar-refractivity contribution in [2.75, 3.05) is 0 Å². The molecule has 22 heteroatoms. The number of carboxylic acid groups (broad SMARTS) is 8. The predicted octanol–water partition coefficient (Wildman–Crippen LogP) is -11.0. The van der Waals surface area contributed by atoms with E-state index in [9.17, 15) is 58.8 Å². The largest absolute Gasteiger partial charge is 4.00 e. The van der Waals surface area contributed by atoms with Gasteiger partial charge in [0, 0.05) is 0 Å². The van der Waals surface area contributed by atoms with Crippen molar-refractivity contribution in [3.05, 3.63) is 0 Å². The molecule has 0 aliphatic heterocycles. The fraction of sp³-hybridized carbons (Fsp3) is 0.500. The molecule has 0 aromatic rings. The summed E-state index contributed by atoms with van der Waals surface area (Å²) < 4.78 is 0. The second kappa shape index (κ2) is 26.6. The van der Waals surface area contributed by atoms with E-state index in [0.717, 1.165) is 0 Å². The first kappa shape index (κ1) is 47.7. The number of hydrogen-bond donors (Lipinski definition) is 8. The van der Waals surface area contributed by atoms with E-state index < -0.39 is 97.6 Å². The maximum atomic E-state index is 9.74. The minimum absolute atomic E-state index is 0. The van der Waals surface area contributed by atoms with Crippen LogP contribution in [0.1, 0.15) is 25.7 Å². The van der Waals surface area contributed by atoms with E-state index in [-0.39, 0.29) is 34.6 Å². The van der Waals surface area contributed by atoms with Crippen LogP contribution in [-0.2, 0) is 64.6 Å². The fourth-order valence-corrected chi connectivity index (χ4v) is 1.09. The summed E-state index contributed by atoms with van der Waals surface area (Å²) in [7, 11) is 0. The smallest absolute Gasteiger partial charge is 0.548 e. The molecule has 0 heterocycles. The van der Waals surface area contributed by atoms with Crippen molar-refractivity contribution in [1.82, 2.24) is 0 Å².